The standard InChI is InChI=1S/3C30H24N3.Ir/c1-20-17-22(3)29(18-21(20)2)32-16-15-31-30(32)23-13-14-28-26(19-23)25-11-7-8-12-27(25)33(28)24-9-5-4-6-10-24;2*1-20-17-21(2)29(22(3)18-20)32-16-15-31-30(32)23-13-14-28-26(19-23)25-11-7-8-12-27(25)33(28)24-9-5-4-6-10-24;/h3*4-12,14-19H,1-3H3;/q3*-1;+3. The molecule has 12 aromatic carbocycles. The van der Waals surface area contributed by atoms with Crippen molar-refractivity contribution in [3.05, 3.63) is 342 Å². The second-order valence-electron chi connectivity index (χ2n) is 26.1. The van der Waals surface area contributed by atoms with Crippen LogP contribution in [0.15, 0.2) is 274 Å². The zero-order valence-corrected chi connectivity index (χ0v) is 59.7. The van der Waals surface area contributed by atoms with Crippen molar-refractivity contribution < 1.29 is 20.1 Å². The maximum absolute atomic E-state index is 4.74. The molecule has 0 fully saturated rings. The van der Waals surface area contributed by atoms with Crippen molar-refractivity contribution in [1.29, 1.82) is 0 Å². The monoisotopic (exact) mass is 1470 g/mol. The van der Waals surface area contributed by atoms with Crippen LogP contribution in [0.3, 0.4) is 0 Å². The largest absolute Gasteiger partial charge is 3.00 e. The van der Waals surface area contributed by atoms with Crippen molar-refractivity contribution in [3.63, 3.8) is 0 Å². The summed E-state index contributed by atoms with van der Waals surface area (Å²) in [4.78, 5) is 14.2. The molecule has 18 rings (SSSR count). The second kappa shape index (κ2) is 26.6. The van der Waals surface area contributed by atoms with Crippen molar-refractivity contribution in [2.75, 3.05) is 0 Å². The Balaban J connectivity index is 0.000000121. The summed E-state index contributed by atoms with van der Waals surface area (Å²) < 4.78 is 13.5. The number of benzene rings is 12. The van der Waals surface area contributed by atoms with Crippen LogP contribution in [0.4, 0.5) is 0 Å². The van der Waals surface area contributed by atoms with Gasteiger partial charge in [0, 0.05) is 87.9 Å². The Morgan fingerprint density at radius 1 is 0.270 bits per heavy atom. The number of rotatable bonds is 9. The minimum atomic E-state index is 0. The fourth-order valence-electron chi connectivity index (χ4n) is 15.1. The first kappa shape index (κ1) is 64.3. The van der Waals surface area contributed by atoms with Gasteiger partial charge in [-0.2, -0.15) is 0 Å². The van der Waals surface area contributed by atoms with Crippen molar-refractivity contribution in [3.8, 4) is 68.3 Å². The zero-order chi connectivity index (χ0) is 67.6. The number of aryl methyl sites for hydroxylation is 9. The van der Waals surface area contributed by atoms with Gasteiger partial charge >= 0.3 is 20.1 Å². The first-order valence-corrected chi connectivity index (χ1v) is 33.7. The number of aromatic nitrogens is 9. The van der Waals surface area contributed by atoms with Crippen molar-refractivity contribution in [1.82, 2.24) is 42.4 Å². The summed E-state index contributed by atoms with van der Waals surface area (Å²) in [6.07, 6.45) is 11.8. The van der Waals surface area contributed by atoms with Gasteiger partial charge in [0.2, 0.25) is 0 Å². The minimum Gasteiger partial charge on any atom is -0.351 e. The smallest absolute Gasteiger partial charge is 0.351 e. The molecule has 0 saturated heterocycles. The molecule has 6 heterocycles. The summed E-state index contributed by atoms with van der Waals surface area (Å²) in [5.41, 5.74) is 28.3. The fraction of sp³-hybridized carbons (Fsp3) is 0.100. The van der Waals surface area contributed by atoms with Crippen LogP contribution in [0, 0.1) is 80.5 Å². The number of imidazole rings is 3. The molecule has 0 amide bonds. The zero-order valence-electron chi connectivity index (χ0n) is 57.3. The van der Waals surface area contributed by atoms with E-state index in [-0.39, 0.29) is 20.1 Å². The molecule has 0 aliphatic rings. The van der Waals surface area contributed by atoms with Gasteiger partial charge in [0.25, 0.3) is 0 Å². The Kier molecular flexibility index (Phi) is 17.1. The molecule has 9 nitrogen and oxygen atoms in total. The SMILES string of the molecule is Cc1cc(C)c(-n2ccnc2-c2[c-]cc3c(c2)c2ccccc2n3-c2ccccc2)c(C)c1.Cc1cc(C)c(-n2ccnc2-c2[c-]cc3c(c2)c2ccccc2n3-c2ccccc2)c(C)c1.Cc1cc(C)c(-n2ccnc2-c2[c-]cc3c(c2)c2ccccc2n3-c2ccccc2)cc1C.[Ir+3]. The van der Waals surface area contributed by atoms with Crippen LogP contribution in [0.25, 0.3) is 134 Å². The molecule has 0 radical (unpaired) electrons. The third-order valence-electron chi connectivity index (χ3n) is 19.3. The van der Waals surface area contributed by atoms with Crippen LogP contribution in [0.5, 0.6) is 0 Å². The molecule has 0 atom stereocenters. The van der Waals surface area contributed by atoms with E-state index in [2.05, 4.69) is 345 Å². The third-order valence-corrected chi connectivity index (χ3v) is 19.3. The van der Waals surface area contributed by atoms with E-state index in [0.717, 1.165) is 73.5 Å². The third kappa shape index (κ3) is 11.4. The summed E-state index contributed by atoms with van der Waals surface area (Å²) in [5.74, 6) is 2.71. The summed E-state index contributed by atoms with van der Waals surface area (Å²) in [6.45, 7) is 19.4. The van der Waals surface area contributed by atoms with Gasteiger partial charge in [0.15, 0.2) is 0 Å². The molecule has 0 unspecified atom stereocenters. The molecule has 0 aliphatic carbocycles. The molecule has 10 heteroatoms. The van der Waals surface area contributed by atoms with Gasteiger partial charge < -0.3 is 27.4 Å². The van der Waals surface area contributed by atoms with E-state index in [9.17, 15) is 0 Å². The van der Waals surface area contributed by atoms with Crippen LogP contribution in [-0.2, 0) is 20.1 Å². The van der Waals surface area contributed by atoms with Gasteiger partial charge in [-0.05, 0) is 195 Å². The Labute approximate surface area is 596 Å². The van der Waals surface area contributed by atoms with Gasteiger partial charge in [-0.3, -0.25) is 15.0 Å². The Morgan fingerprint density at radius 2 is 0.570 bits per heavy atom. The fourth-order valence-corrected chi connectivity index (χ4v) is 15.1. The second-order valence-corrected chi connectivity index (χ2v) is 26.1. The van der Waals surface area contributed by atoms with E-state index in [1.807, 2.05) is 37.2 Å². The molecular weight excluding hydrogens is 1400 g/mol. The number of nitrogens with zero attached hydrogens (tertiary/aromatic N) is 9. The van der Waals surface area contributed by atoms with E-state index in [1.54, 1.807) is 0 Å². The van der Waals surface area contributed by atoms with Crippen LogP contribution in [0.1, 0.15) is 50.1 Å². The topological polar surface area (TPSA) is 68.2 Å². The Hall–Kier alpha value is -11.7. The molecule has 486 valence electrons. The van der Waals surface area contributed by atoms with Crippen LogP contribution >= 0.6 is 0 Å². The van der Waals surface area contributed by atoms with Crippen LogP contribution in [-0.4, -0.2) is 42.4 Å². The van der Waals surface area contributed by atoms with Crippen LogP contribution < -0.4 is 0 Å². The first-order chi connectivity index (χ1) is 48.3. The summed E-state index contributed by atoms with van der Waals surface area (Å²) in [6, 6.07) is 94.3. The molecule has 0 bridgehead atoms. The van der Waals surface area contributed by atoms with Gasteiger partial charge in [-0.25, -0.2) is 0 Å². The van der Waals surface area contributed by atoms with Gasteiger partial charge in [0.1, 0.15) is 0 Å². The van der Waals surface area contributed by atoms with Crippen molar-refractivity contribution >= 4 is 65.4 Å². The van der Waals surface area contributed by atoms with E-state index < -0.39 is 0 Å². The van der Waals surface area contributed by atoms with Crippen molar-refractivity contribution in [2.24, 2.45) is 0 Å². The maximum atomic E-state index is 4.74. The number of para-hydroxylation sites is 6. The average molecular weight is 1470 g/mol. The molecule has 100 heavy (non-hydrogen) atoms. The Bertz CT molecular complexity index is 5800. The quantitative estimate of drug-likeness (QED) is 0.135. The normalized spacial score (nSPS) is 11.4. The predicted molar refractivity (Wildman–Crippen MR) is 409 cm³/mol. The van der Waals surface area contributed by atoms with Crippen LogP contribution in [0.2, 0.25) is 0 Å². The van der Waals surface area contributed by atoms with E-state index in [4.69, 9.17) is 15.0 Å². The molecule has 6 aromatic heterocycles. The van der Waals surface area contributed by atoms with E-state index in [0.29, 0.717) is 0 Å². The van der Waals surface area contributed by atoms with Crippen molar-refractivity contribution in [2.45, 2.75) is 62.3 Å². The molecule has 0 saturated carbocycles. The van der Waals surface area contributed by atoms with E-state index in [1.165, 1.54) is 110 Å². The molecule has 18 aromatic rings. The van der Waals surface area contributed by atoms with Gasteiger partial charge in [0.05, 0.1) is 17.5 Å². The maximum Gasteiger partial charge on any atom is 3.00 e. The number of fused-ring (bicyclic) bond motifs is 9. The minimum absolute atomic E-state index is 0. The van der Waals surface area contributed by atoms with Gasteiger partial charge in [-0.15, -0.1) is 71.3 Å². The van der Waals surface area contributed by atoms with E-state index >= 15 is 0 Å². The van der Waals surface area contributed by atoms with Gasteiger partial charge in [-0.1, -0.05) is 167 Å². The molecule has 0 aliphatic heterocycles. The number of hydrogen-bond acceptors (Lipinski definition) is 3. The summed E-state index contributed by atoms with van der Waals surface area (Å²) in [5, 5.41) is 7.30. The predicted octanol–water partition coefficient (Wildman–Crippen LogP) is 22.1. The summed E-state index contributed by atoms with van der Waals surface area (Å²) >= 11 is 0. The summed E-state index contributed by atoms with van der Waals surface area (Å²) in [7, 11) is 0. The molecule has 0 N–H and O–H groups in total. The average Bonchev–Trinajstić information content (AvgIpc) is 1.60. The first-order valence-electron chi connectivity index (χ1n) is 33.7. The number of hydrogen-bond donors (Lipinski definition) is 0. The molecule has 0 spiro atoms. The molecular formula is C90H72IrN9. The Morgan fingerprint density at radius 3 is 0.920 bits per heavy atom.